The van der Waals surface area contributed by atoms with Crippen LogP contribution in [0.2, 0.25) is 0 Å². The lowest BCUT2D eigenvalue weighted by molar-refractivity contribution is -0.192. The van der Waals surface area contributed by atoms with Gasteiger partial charge in [-0.2, -0.15) is 13.2 Å². The summed E-state index contributed by atoms with van der Waals surface area (Å²) in [5.74, 6) is -2.31. The maximum absolute atomic E-state index is 13.7. The van der Waals surface area contributed by atoms with Crippen LogP contribution in [0.5, 0.6) is 5.88 Å². The number of aryl methyl sites for hydroxylation is 1. The fourth-order valence-corrected chi connectivity index (χ4v) is 3.83. The minimum atomic E-state index is -5.08. The molecule has 4 heterocycles. The molecular formula is C20H23F4N3O5. The summed E-state index contributed by atoms with van der Waals surface area (Å²) in [6.07, 6.45) is -0.921. The first kappa shape index (κ1) is 23.9. The Labute approximate surface area is 181 Å². The Morgan fingerprint density at radius 3 is 2.81 bits per heavy atom. The maximum Gasteiger partial charge on any atom is 0.490 e. The number of likely N-dealkylation sites (tertiary alicyclic amines) is 1. The number of hydrogen-bond acceptors (Lipinski definition) is 7. The fraction of sp³-hybridized carbons (Fsp3) is 0.550. The summed E-state index contributed by atoms with van der Waals surface area (Å²) in [6, 6.07) is 4.88. The van der Waals surface area contributed by atoms with E-state index in [1.54, 1.807) is 6.07 Å². The van der Waals surface area contributed by atoms with E-state index >= 15 is 0 Å². The van der Waals surface area contributed by atoms with E-state index in [1.165, 1.54) is 12.3 Å². The lowest BCUT2D eigenvalue weighted by Gasteiger charge is -2.39. The number of carboxylic acids is 1. The Bertz CT molecular complexity index is 923. The molecule has 0 radical (unpaired) electrons. The van der Waals surface area contributed by atoms with Crippen LogP contribution in [-0.2, 0) is 16.1 Å². The molecule has 2 saturated heterocycles. The normalized spacial score (nSPS) is 23.6. The molecule has 1 spiro atoms. The molecule has 0 aliphatic carbocycles. The molecule has 4 rings (SSSR count). The van der Waals surface area contributed by atoms with E-state index in [9.17, 15) is 17.6 Å². The van der Waals surface area contributed by atoms with Gasteiger partial charge in [0.15, 0.2) is 5.82 Å². The van der Waals surface area contributed by atoms with Crippen LogP contribution in [0.3, 0.4) is 0 Å². The van der Waals surface area contributed by atoms with Crippen LogP contribution in [0.15, 0.2) is 28.9 Å². The maximum atomic E-state index is 13.7. The number of ether oxygens (including phenoxy) is 2. The number of hydrogen-bond donors (Lipinski definition) is 1. The van der Waals surface area contributed by atoms with E-state index in [0.717, 1.165) is 50.4 Å². The van der Waals surface area contributed by atoms with Gasteiger partial charge < -0.3 is 19.1 Å². The molecule has 0 saturated carbocycles. The van der Waals surface area contributed by atoms with Gasteiger partial charge in [0.05, 0.1) is 17.9 Å². The number of nitrogens with zero attached hydrogens (tertiary/aromatic N) is 3. The van der Waals surface area contributed by atoms with Crippen molar-refractivity contribution in [1.29, 1.82) is 0 Å². The van der Waals surface area contributed by atoms with Crippen molar-refractivity contribution < 1.29 is 41.5 Å². The lowest BCUT2D eigenvalue weighted by atomic mass is 9.89. The highest BCUT2D eigenvalue weighted by molar-refractivity contribution is 5.73. The highest BCUT2D eigenvalue weighted by Crippen LogP contribution is 2.36. The van der Waals surface area contributed by atoms with E-state index in [0.29, 0.717) is 6.61 Å². The molecule has 0 aromatic carbocycles. The second-order valence-electron chi connectivity index (χ2n) is 7.77. The fourth-order valence-electron chi connectivity index (χ4n) is 3.83. The zero-order valence-corrected chi connectivity index (χ0v) is 17.3. The molecule has 2 aliphatic heterocycles. The van der Waals surface area contributed by atoms with E-state index in [-0.39, 0.29) is 17.6 Å². The van der Waals surface area contributed by atoms with Gasteiger partial charge in [-0.1, -0.05) is 5.16 Å². The molecule has 0 amide bonds. The summed E-state index contributed by atoms with van der Waals surface area (Å²) in [5.41, 5.74) is 0.711. The molecular weight excluding hydrogens is 438 g/mol. The number of rotatable bonds is 4. The first-order valence-electron chi connectivity index (χ1n) is 9.92. The van der Waals surface area contributed by atoms with E-state index < -0.39 is 18.0 Å². The third-order valence-electron chi connectivity index (χ3n) is 5.10. The van der Waals surface area contributed by atoms with Gasteiger partial charge in [-0.15, -0.1) is 0 Å². The number of halogens is 4. The topological polar surface area (TPSA) is 97.9 Å². The van der Waals surface area contributed by atoms with Gasteiger partial charge in [-0.3, -0.25) is 4.90 Å². The average Bonchev–Trinajstić information content (AvgIpc) is 3.29. The Balaban J connectivity index is 0.000000360. The molecule has 176 valence electrons. The molecule has 32 heavy (non-hydrogen) atoms. The first-order valence-corrected chi connectivity index (χ1v) is 9.92. The number of alkyl halides is 3. The third-order valence-corrected chi connectivity index (χ3v) is 5.10. The molecule has 2 atom stereocenters. The number of piperidine rings is 1. The van der Waals surface area contributed by atoms with Crippen molar-refractivity contribution in [2.75, 3.05) is 19.7 Å². The number of aliphatic carboxylic acids is 1. The Kier molecular flexibility index (Phi) is 7.34. The zero-order chi connectivity index (χ0) is 23.4. The molecule has 0 bridgehead atoms. The summed E-state index contributed by atoms with van der Waals surface area (Å²) >= 11 is 0. The predicted octanol–water partition coefficient (Wildman–Crippen LogP) is 3.35. The van der Waals surface area contributed by atoms with Crippen LogP contribution in [0.1, 0.15) is 30.7 Å². The molecule has 0 unspecified atom stereocenters. The van der Waals surface area contributed by atoms with Crippen LogP contribution in [-0.4, -0.2) is 63.7 Å². The molecule has 8 nitrogen and oxygen atoms in total. The Hall–Kier alpha value is -2.73. The second kappa shape index (κ2) is 9.82. The van der Waals surface area contributed by atoms with Crippen molar-refractivity contribution >= 4 is 5.97 Å². The summed E-state index contributed by atoms with van der Waals surface area (Å²) in [7, 11) is 0. The van der Waals surface area contributed by atoms with Crippen molar-refractivity contribution in [1.82, 2.24) is 15.0 Å². The van der Waals surface area contributed by atoms with Gasteiger partial charge in [0, 0.05) is 31.8 Å². The van der Waals surface area contributed by atoms with Gasteiger partial charge in [-0.25, -0.2) is 14.2 Å². The molecule has 12 heteroatoms. The van der Waals surface area contributed by atoms with Crippen molar-refractivity contribution in [3.05, 3.63) is 41.7 Å². The summed E-state index contributed by atoms with van der Waals surface area (Å²) < 4.78 is 62.5. The SMILES string of the molecule is Cc1cc(CN2CCC[C@]3(C[C@@H](Oc4ncccc4F)CO3)C2)no1.O=C(O)C(F)(F)F. The standard InChI is InChI=1S/C18H22FN3O3.C2HF3O2/c1-13-8-14(21-25-13)10-22-7-3-5-18(12-22)9-15(11-23-18)24-17-16(19)4-2-6-20-17;3-2(4,5)1(6)7/h2,4,6,8,15H,3,5,7,9-12H2,1H3;(H,6,7)/t15-,18+;/m1./s1. The quantitative estimate of drug-likeness (QED) is 0.693. The molecule has 2 fully saturated rings. The van der Waals surface area contributed by atoms with Crippen LogP contribution < -0.4 is 4.74 Å². The highest BCUT2D eigenvalue weighted by atomic mass is 19.4. The molecule has 2 aromatic rings. The number of aromatic nitrogens is 2. The van der Waals surface area contributed by atoms with Gasteiger partial charge in [0.25, 0.3) is 5.88 Å². The Morgan fingerprint density at radius 2 is 2.19 bits per heavy atom. The molecule has 1 N–H and O–H groups in total. The van der Waals surface area contributed by atoms with Gasteiger partial charge in [-0.05, 0) is 38.4 Å². The zero-order valence-electron chi connectivity index (χ0n) is 17.3. The molecule has 2 aliphatic rings. The first-order chi connectivity index (χ1) is 15.1. The van der Waals surface area contributed by atoms with Crippen molar-refractivity contribution in [2.24, 2.45) is 0 Å². The number of pyridine rings is 1. The molecule has 2 aromatic heterocycles. The van der Waals surface area contributed by atoms with E-state index in [2.05, 4.69) is 15.0 Å². The summed E-state index contributed by atoms with van der Waals surface area (Å²) in [6.45, 7) is 4.95. The third kappa shape index (κ3) is 6.39. The number of carboxylic acid groups (broad SMARTS) is 1. The number of carbonyl (C=O) groups is 1. The van der Waals surface area contributed by atoms with Crippen molar-refractivity contribution in [3.63, 3.8) is 0 Å². The summed E-state index contributed by atoms with van der Waals surface area (Å²) in [5, 5.41) is 11.2. The van der Waals surface area contributed by atoms with Gasteiger partial charge in [0.1, 0.15) is 11.9 Å². The van der Waals surface area contributed by atoms with Crippen molar-refractivity contribution in [2.45, 2.75) is 50.6 Å². The van der Waals surface area contributed by atoms with E-state index in [1.807, 2.05) is 13.0 Å². The minimum absolute atomic E-state index is 0.0545. The largest absolute Gasteiger partial charge is 0.490 e. The lowest BCUT2D eigenvalue weighted by Crippen LogP contribution is -2.47. The predicted molar refractivity (Wildman–Crippen MR) is 101 cm³/mol. The van der Waals surface area contributed by atoms with Crippen LogP contribution in [0, 0.1) is 12.7 Å². The van der Waals surface area contributed by atoms with Crippen LogP contribution in [0.25, 0.3) is 0 Å². The van der Waals surface area contributed by atoms with Gasteiger partial charge >= 0.3 is 12.1 Å². The van der Waals surface area contributed by atoms with Crippen LogP contribution >= 0.6 is 0 Å². The Morgan fingerprint density at radius 1 is 1.44 bits per heavy atom. The van der Waals surface area contributed by atoms with Crippen LogP contribution in [0.4, 0.5) is 17.6 Å². The second-order valence-corrected chi connectivity index (χ2v) is 7.77. The van der Waals surface area contributed by atoms with Crippen molar-refractivity contribution in [3.8, 4) is 5.88 Å². The van der Waals surface area contributed by atoms with E-state index in [4.69, 9.17) is 23.9 Å². The highest BCUT2D eigenvalue weighted by Gasteiger charge is 2.44. The summed E-state index contributed by atoms with van der Waals surface area (Å²) in [4.78, 5) is 15.2. The smallest absolute Gasteiger partial charge is 0.475 e. The average molecular weight is 461 g/mol. The minimum Gasteiger partial charge on any atom is -0.475 e. The monoisotopic (exact) mass is 461 g/mol. The van der Waals surface area contributed by atoms with Gasteiger partial charge in [0.2, 0.25) is 0 Å².